The number of nitrogens with one attached hydrogen (secondary N) is 1. The molecular formula is C11H15N5S. The number of thiazole rings is 1. The molecule has 17 heavy (non-hydrogen) atoms. The molecule has 0 unspecified atom stereocenters. The minimum absolute atomic E-state index is 0.578. The molecular weight excluding hydrogens is 234 g/mol. The second-order valence-corrected chi connectivity index (χ2v) is 4.49. The van der Waals surface area contributed by atoms with Crippen LogP contribution in [0.2, 0.25) is 0 Å². The lowest BCUT2D eigenvalue weighted by Gasteiger charge is -2.06. The van der Waals surface area contributed by atoms with Crippen LogP contribution < -0.4 is 5.32 Å². The van der Waals surface area contributed by atoms with Gasteiger partial charge in [0.1, 0.15) is 5.01 Å². The lowest BCUT2D eigenvalue weighted by molar-refractivity contribution is 0.819. The molecule has 0 aliphatic carbocycles. The van der Waals surface area contributed by atoms with Gasteiger partial charge < -0.3 is 5.32 Å². The summed E-state index contributed by atoms with van der Waals surface area (Å²) < 4.78 is 0. The van der Waals surface area contributed by atoms with Crippen LogP contribution in [-0.4, -0.2) is 20.2 Å². The van der Waals surface area contributed by atoms with E-state index in [4.69, 9.17) is 0 Å². The van der Waals surface area contributed by atoms with Gasteiger partial charge in [-0.2, -0.15) is 5.10 Å². The Morgan fingerprint density at radius 2 is 2.00 bits per heavy atom. The highest BCUT2D eigenvalue weighted by molar-refractivity contribution is 7.09. The molecule has 0 amide bonds. The molecule has 0 fully saturated rings. The first-order chi connectivity index (χ1) is 8.33. The minimum atomic E-state index is 0.578. The lowest BCUT2D eigenvalue weighted by Crippen LogP contribution is -2.09. The fourth-order valence-electron chi connectivity index (χ4n) is 1.51. The van der Waals surface area contributed by atoms with Crippen molar-refractivity contribution >= 4 is 17.3 Å². The lowest BCUT2D eigenvalue weighted by atomic mass is 10.2. The Kier molecular flexibility index (Phi) is 3.98. The summed E-state index contributed by atoms with van der Waals surface area (Å²) in [5.74, 6) is 0.578. The Bertz CT molecular complexity index is 469. The van der Waals surface area contributed by atoms with Gasteiger partial charge in [-0.1, -0.05) is 13.8 Å². The molecule has 2 heterocycles. The van der Waals surface area contributed by atoms with Crippen molar-refractivity contribution in [3.8, 4) is 0 Å². The van der Waals surface area contributed by atoms with Crippen molar-refractivity contribution < 1.29 is 0 Å². The van der Waals surface area contributed by atoms with Gasteiger partial charge in [0, 0.05) is 11.6 Å². The van der Waals surface area contributed by atoms with Crippen LogP contribution in [0.1, 0.15) is 30.2 Å². The number of hydrogen-bond acceptors (Lipinski definition) is 6. The summed E-state index contributed by atoms with van der Waals surface area (Å²) in [6.45, 7) is 4.79. The fourth-order valence-corrected chi connectivity index (χ4v) is 2.06. The van der Waals surface area contributed by atoms with Gasteiger partial charge in [0.05, 0.1) is 17.9 Å². The van der Waals surface area contributed by atoms with E-state index in [1.165, 1.54) is 0 Å². The van der Waals surface area contributed by atoms with Crippen LogP contribution in [0.3, 0.4) is 0 Å². The zero-order valence-corrected chi connectivity index (χ0v) is 10.8. The predicted molar refractivity (Wildman–Crippen MR) is 68.0 cm³/mol. The molecule has 0 saturated heterocycles. The Morgan fingerprint density at radius 1 is 1.18 bits per heavy atom. The molecule has 0 aromatic carbocycles. The zero-order valence-electron chi connectivity index (χ0n) is 9.97. The molecule has 0 atom stereocenters. The molecule has 2 aromatic heterocycles. The van der Waals surface area contributed by atoms with E-state index in [-0.39, 0.29) is 0 Å². The first-order valence-electron chi connectivity index (χ1n) is 5.68. The number of rotatable bonds is 5. The maximum absolute atomic E-state index is 4.45. The van der Waals surface area contributed by atoms with Gasteiger partial charge in [-0.3, -0.25) is 0 Å². The van der Waals surface area contributed by atoms with Crippen molar-refractivity contribution in [3.63, 3.8) is 0 Å². The highest BCUT2D eigenvalue weighted by atomic mass is 32.1. The van der Waals surface area contributed by atoms with Gasteiger partial charge >= 0.3 is 0 Å². The van der Waals surface area contributed by atoms with Crippen LogP contribution in [-0.2, 0) is 19.4 Å². The van der Waals surface area contributed by atoms with Crippen molar-refractivity contribution in [2.45, 2.75) is 33.2 Å². The topological polar surface area (TPSA) is 63.6 Å². The van der Waals surface area contributed by atoms with E-state index in [9.17, 15) is 0 Å². The molecule has 0 bridgehead atoms. The second-order valence-electron chi connectivity index (χ2n) is 3.52. The number of hydrogen-bond donors (Lipinski definition) is 1. The third-order valence-electron chi connectivity index (χ3n) is 2.39. The summed E-state index contributed by atoms with van der Waals surface area (Å²) in [6, 6.07) is 0. The van der Waals surface area contributed by atoms with E-state index in [2.05, 4.69) is 39.3 Å². The Hall–Kier alpha value is -1.56. The summed E-state index contributed by atoms with van der Waals surface area (Å²) >= 11 is 1.61. The van der Waals surface area contributed by atoms with Crippen LogP contribution in [0.5, 0.6) is 0 Å². The maximum Gasteiger partial charge on any atom is 0.243 e. The first-order valence-corrected chi connectivity index (χ1v) is 6.56. The summed E-state index contributed by atoms with van der Waals surface area (Å²) in [5.41, 5.74) is 2.00. The number of aryl methyl sites for hydroxylation is 2. The molecule has 1 N–H and O–H groups in total. The van der Waals surface area contributed by atoms with Gasteiger partial charge in [0.25, 0.3) is 0 Å². The molecule has 0 radical (unpaired) electrons. The minimum Gasteiger partial charge on any atom is -0.346 e. The number of anilines is 1. The van der Waals surface area contributed by atoms with E-state index in [1.807, 2.05) is 5.38 Å². The molecule has 0 saturated carbocycles. The molecule has 0 aliphatic rings. The third-order valence-corrected chi connectivity index (χ3v) is 3.17. The van der Waals surface area contributed by atoms with Gasteiger partial charge in [-0.05, 0) is 12.8 Å². The normalized spacial score (nSPS) is 10.5. The summed E-state index contributed by atoms with van der Waals surface area (Å²) in [7, 11) is 0. The molecule has 6 heteroatoms. The van der Waals surface area contributed by atoms with Crippen molar-refractivity contribution in [2.24, 2.45) is 0 Å². The second kappa shape index (κ2) is 5.67. The highest BCUT2D eigenvalue weighted by Gasteiger charge is 2.06. The zero-order chi connectivity index (χ0) is 12.1. The standard InChI is InChI=1S/C11H15N5S/c1-3-8-9(4-2)15-16-11(14-8)13-7-10-12-5-6-17-10/h5-6H,3-4,7H2,1-2H3,(H,13,14,16). The average molecular weight is 249 g/mol. The highest BCUT2D eigenvalue weighted by Crippen LogP contribution is 2.09. The van der Waals surface area contributed by atoms with Crippen LogP contribution in [0.15, 0.2) is 11.6 Å². The van der Waals surface area contributed by atoms with Gasteiger partial charge in [0.2, 0.25) is 5.95 Å². The van der Waals surface area contributed by atoms with Crippen LogP contribution >= 0.6 is 11.3 Å². The van der Waals surface area contributed by atoms with E-state index in [0.29, 0.717) is 12.5 Å². The Balaban J connectivity index is 2.06. The average Bonchev–Trinajstić information content (AvgIpc) is 2.89. The van der Waals surface area contributed by atoms with Gasteiger partial charge in [-0.25, -0.2) is 9.97 Å². The van der Waals surface area contributed by atoms with E-state index < -0.39 is 0 Å². The molecule has 5 nitrogen and oxygen atoms in total. The van der Waals surface area contributed by atoms with E-state index >= 15 is 0 Å². The van der Waals surface area contributed by atoms with E-state index in [0.717, 1.165) is 29.2 Å². The Morgan fingerprint density at radius 3 is 2.65 bits per heavy atom. The van der Waals surface area contributed by atoms with E-state index in [1.54, 1.807) is 17.5 Å². The van der Waals surface area contributed by atoms with Gasteiger partial charge in [0.15, 0.2) is 0 Å². The maximum atomic E-state index is 4.45. The monoisotopic (exact) mass is 249 g/mol. The number of aromatic nitrogens is 4. The van der Waals surface area contributed by atoms with Crippen LogP contribution in [0, 0.1) is 0 Å². The predicted octanol–water partition coefficient (Wildman–Crippen LogP) is 2.06. The quantitative estimate of drug-likeness (QED) is 0.878. The smallest absolute Gasteiger partial charge is 0.243 e. The number of nitrogens with zero attached hydrogens (tertiary/aromatic N) is 4. The summed E-state index contributed by atoms with van der Waals surface area (Å²) in [4.78, 5) is 8.64. The molecule has 2 rings (SSSR count). The first kappa shape index (κ1) is 11.9. The van der Waals surface area contributed by atoms with Crippen molar-refractivity contribution in [1.82, 2.24) is 20.2 Å². The molecule has 0 spiro atoms. The molecule has 2 aromatic rings. The van der Waals surface area contributed by atoms with Crippen LogP contribution in [0.4, 0.5) is 5.95 Å². The summed E-state index contributed by atoms with van der Waals surface area (Å²) in [5, 5.41) is 14.3. The van der Waals surface area contributed by atoms with Gasteiger partial charge in [-0.15, -0.1) is 16.4 Å². The summed E-state index contributed by atoms with van der Waals surface area (Å²) in [6.07, 6.45) is 3.54. The van der Waals surface area contributed by atoms with Crippen molar-refractivity contribution in [3.05, 3.63) is 28.0 Å². The van der Waals surface area contributed by atoms with Crippen LogP contribution in [0.25, 0.3) is 0 Å². The Labute approximate surface area is 104 Å². The SMILES string of the molecule is CCc1nnc(NCc2nccs2)nc1CC. The largest absolute Gasteiger partial charge is 0.346 e. The third kappa shape index (κ3) is 2.97. The molecule has 0 aliphatic heterocycles. The van der Waals surface area contributed by atoms with Crippen molar-refractivity contribution in [1.29, 1.82) is 0 Å². The van der Waals surface area contributed by atoms with Crippen molar-refractivity contribution in [2.75, 3.05) is 5.32 Å². The fraction of sp³-hybridized carbons (Fsp3) is 0.455. The molecule has 90 valence electrons.